The monoisotopic (exact) mass is 434 g/mol. The van der Waals surface area contributed by atoms with Crippen LogP contribution in [0.25, 0.3) is 0 Å². The van der Waals surface area contributed by atoms with Crippen molar-refractivity contribution in [1.82, 2.24) is 4.98 Å². The number of amides is 1. The molecule has 1 N–H and O–H groups in total. The van der Waals surface area contributed by atoms with Gasteiger partial charge in [0.15, 0.2) is 9.84 Å². The van der Waals surface area contributed by atoms with Crippen LogP contribution in [0.4, 0.5) is 10.2 Å². The van der Waals surface area contributed by atoms with E-state index >= 15 is 0 Å². The van der Waals surface area contributed by atoms with E-state index in [0.29, 0.717) is 25.3 Å². The van der Waals surface area contributed by atoms with Gasteiger partial charge < -0.3 is 14.8 Å². The molecule has 9 heteroatoms. The standard InChI is InChI=1S/C21H23FN2O5S/c1-28-18-6-4-15(30(26,27)12-13-8-9-29-11-13)10-16(18)21(25)24-19-7-5-17(22)20(23-19)14-2-3-14/h4-7,10,13-14H,2-3,8-9,11-12H2,1H3,(H,23,24,25)/t13-/m0/s1. The van der Waals surface area contributed by atoms with E-state index in [2.05, 4.69) is 10.3 Å². The summed E-state index contributed by atoms with van der Waals surface area (Å²) in [7, 11) is -2.19. The molecule has 2 heterocycles. The van der Waals surface area contributed by atoms with Gasteiger partial charge in [-0.25, -0.2) is 17.8 Å². The number of sulfone groups is 1. The van der Waals surface area contributed by atoms with Crippen molar-refractivity contribution in [3.05, 3.63) is 47.4 Å². The number of benzene rings is 1. The third-order valence-electron chi connectivity index (χ3n) is 5.33. The van der Waals surface area contributed by atoms with Gasteiger partial charge in [0.1, 0.15) is 17.4 Å². The summed E-state index contributed by atoms with van der Waals surface area (Å²) < 4.78 is 50.0. The molecule has 0 unspecified atom stereocenters. The molecule has 4 rings (SSSR count). The van der Waals surface area contributed by atoms with Crippen molar-refractivity contribution in [2.45, 2.75) is 30.1 Å². The lowest BCUT2D eigenvalue weighted by Gasteiger charge is -2.13. The molecular weight excluding hydrogens is 411 g/mol. The van der Waals surface area contributed by atoms with E-state index in [-0.39, 0.29) is 39.6 Å². The van der Waals surface area contributed by atoms with Crippen molar-refractivity contribution in [2.75, 3.05) is 31.4 Å². The highest BCUT2D eigenvalue weighted by atomic mass is 32.2. The normalized spacial score (nSPS) is 18.9. The van der Waals surface area contributed by atoms with Gasteiger partial charge in [-0.05, 0) is 55.5 Å². The minimum atomic E-state index is -3.59. The van der Waals surface area contributed by atoms with Gasteiger partial charge in [0.25, 0.3) is 5.91 Å². The zero-order valence-electron chi connectivity index (χ0n) is 16.6. The number of anilines is 1. The van der Waals surface area contributed by atoms with Crippen LogP contribution in [-0.4, -0.2) is 45.4 Å². The van der Waals surface area contributed by atoms with Crippen molar-refractivity contribution in [2.24, 2.45) is 5.92 Å². The number of carbonyl (C=O) groups is 1. The highest BCUT2D eigenvalue weighted by Crippen LogP contribution is 2.40. The molecule has 30 heavy (non-hydrogen) atoms. The summed E-state index contributed by atoms with van der Waals surface area (Å²) in [5, 5.41) is 2.62. The maximum absolute atomic E-state index is 13.9. The summed E-state index contributed by atoms with van der Waals surface area (Å²) >= 11 is 0. The van der Waals surface area contributed by atoms with Crippen molar-refractivity contribution in [1.29, 1.82) is 0 Å². The molecule has 2 fully saturated rings. The Kier molecular flexibility index (Phi) is 5.75. The Morgan fingerprint density at radius 3 is 2.73 bits per heavy atom. The highest BCUT2D eigenvalue weighted by Gasteiger charge is 2.29. The first kappa shape index (κ1) is 20.7. The van der Waals surface area contributed by atoms with Gasteiger partial charge >= 0.3 is 0 Å². The molecule has 0 spiro atoms. The van der Waals surface area contributed by atoms with Crippen LogP contribution in [0.5, 0.6) is 5.75 Å². The van der Waals surface area contributed by atoms with E-state index in [1.54, 1.807) is 0 Å². The number of methoxy groups -OCH3 is 1. The average molecular weight is 434 g/mol. The molecule has 0 bridgehead atoms. The molecule has 1 aliphatic carbocycles. The Balaban J connectivity index is 1.58. The zero-order chi connectivity index (χ0) is 21.3. The van der Waals surface area contributed by atoms with Gasteiger partial charge in [0, 0.05) is 12.5 Å². The highest BCUT2D eigenvalue weighted by molar-refractivity contribution is 7.91. The van der Waals surface area contributed by atoms with Crippen LogP contribution < -0.4 is 10.1 Å². The van der Waals surface area contributed by atoms with Crippen molar-refractivity contribution < 1.29 is 27.1 Å². The van der Waals surface area contributed by atoms with Gasteiger partial charge in [-0.1, -0.05) is 0 Å². The Hall–Kier alpha value is -2.52. The first-order chi connectivity index (χ1) is 14.4. The van der Waals surface area contributed by atoms with E-state index in [0.717, 1.165) is 12.8 Å². The first-order valence-corrected chi connectivity index (χ1v) is 11.5. The maximum atomic E-state index is 13.9. The van der Waals surface area contributed by atoms with Crippen molar-refractivity contribution in [3.8, 4) is 5.75 Å². The lowest BCUT2D eigenvalue weighted by molar-refractivity contribution is 0.102. The molecule has 1 aromatic heterocycles. The smallest absolute Gasteiger partial charge is 0.260 e. The van der Waals surface area contributed by atoms with E-state index < -0.39 is 21.6 Å². The number of carbonyl (C=O) groups excluding carboxylic acids is 1. The predicted molar refractivity (Wildman–Crippen MR) is 108 cm³/mol. The van der Waals surface area contributed by atoms with Gasteiger partial charge in [-0.2, -0.15) is 0 Å². The van der Waals surface area contributed by atoms with E-state index in [9.17, 15) is 17.6 Å². The molecule has 0 radical (unpaired) electrons. The zero-order valence-corrected chi connectivity index (χ0v) is 17.4. The largest absolute Gasteiger partial charge is 0.496 e. The molecule has 7 nitrogen and oxygen atoms in total. The number of hydrogen-bond acceptors (Lipinski definition) is 6. The number of pyridine rings is 1. The average Bonchev–Trinajstić information content (AvgIpc) is 3.45. The van der Waals surface area contributed by atoms with Crippen LogP contribution in [0.3, 0.4) is 0 Å². The fourth-order valence-electron chi connectivity index (χ4n) is 3.53. The summed E-state index contributed by atoms with van der Waals surface area (Å²) in [6.45, 7) is 0.978. The number of rotatable bonds is 7. The fourth-order valence-corrected chi connectivity index (χ4v) is 5.18. The van der Waals surface area contributed by atoms with Gasteiger partial charge in [-0.15, -0.1) is 0 Å². The fraction of sp³-hybridized carbons (Fsp3) is 0.429. The van der Waals surface area contributed by atoms with Crippen LogP contribution in [0, 0.1) is 11.7 Å². The lowest BCUT2D eigenvalue weighted by atomic mass is 10.2. The Morgan fingerprint density at radius 1 is 1.27 bits per heavy atom. The summed E-state index contributed by atoms with van der Waals surface area (Å²) in [5.41, 5.74) is 0.412. The van der Waals surface area contributed by atoms with Crippen molar-refractivity contribution >= 4 is 21.6 Å². The van der Waals surface area contributed by atoms with Crippen molar-refractivity contribution in [3.63, 3.8) is 0 Å². The summed E-state index contributed by atoms with van der Waals surface area (Å²) in [5.74, 6) is -0.527. The van der Waals surface area contributed by atoms with Crippen LogP contribution in [0.15, 0.2) is 35.2 Å². The molecular formula is C21H23FN2O5S. The minimum absolute atomic E-state index is 0.0370. The van der Waals surface area contributed by atoms with E-state index in [1.807, 2.05) is 0 Å². The Bertz CT molecular complexity index is 1060. The number of ether oxygens (including phenoxy) is 2. The maximum Gasteiger partial charge on any atom is 0.260 e. The number of halogens is 1. The second-order valence-corrected chi connectivity index (χ2v) is 9.70. The van der Waals surface area contributed by atoms with Crippen LogP contribution in [-0.2, 0) is 14.6 Å². The molecule has 1 saturated carbocycles. The van der Waals surface area contributed by atoms with Crippen LogP contribution in [0.2, 0.25) is 0 Å². The third-order valence-corrected chi connectivity index (χ3v) is 7.21. The molecule has 1 aromatic carbocycles. The molecule has 2 aromatic rings. The summed E-state index contributed by atoms with van der Waals surface area (Å²) in [6.07, 6.45) is 2.45. The number of nitrogens with one attached hydrogen (secondary N) is 1. The van der Waals surface area contributed by atoms with E-state index in [1.165, 1.54) is 37.4 Å². The molecule has 1 amide bonds. The predicted octanol–water partition coefficient (Wildman–Crippen LogP) is 3.17. The van der Waals surface area contributed by atoms with Crippen LogP contribution in [0.1, 0.15) is 41.2 Å². The number of hydrogen-bond donors (Lipinski definition) is 1. The summed E-state index contributed by atoms with van der Waals surface area (Å²) in [6, 6.07) is 6.86. The molecule has 1 aliphatic heterocycles. The van der Waals surface area contributed by atoms with Gasteiger partial charge in [-0.3, -0.25) is 4.79 Å². The first-order valence-electron chi connectivity index (χ1n) is 9.83. The molecule has 160 valence electrons. The number of aromatic nitrogens is 1. The van der Waals surface area contributed by atoms with E-state index in [4.69, 9.17) is 9.47 Å². The quantitative estimate of drug-likeness (QED) is 0.719. The SMILES string of the molecule is COc1ccc(S(=O)(=O)C[C@H]2CCOC2)cc1C(=O)Nc1ccc(F)c(C2CC2)n1. The lowest BCUT2D eigenvalue weighted by Crippen LogP contribution is -2.19. The topological polar surface area (TPSA) is 94.6 Å². The van der Waals surface area contributed by atoms with Gasteiger partial charge in [0.05, 0.1) is 35.6 Å². The molecule has 2 aliphatic rings. The van der Waals surface area contributed by atoms with Crippen LogP contribution >= 0.6 is 0 Å². The Morgan fingerprint density at radius 2 is 2.07 bits per heavy atom. The second-order valence-electron chi connectivity index (χ2n) is 7.67. The summed E-state index contributed by atoms with van der Waals surface area (Å²) in [4.78, 5) is 17.1. The number of nitrogens with zero attached hydrogens (tertiary/aromatic N) is 1. The minimum Gasteiger partial charge on any atom is -0.496 e. The molecule has 1 atom stereocenters. The third kappa shape index (κ3) is 4.46. The van der Waals surface area contributed by atoms with Gasteiger partial charge in [0.2, 0.25) is 0 Å². The second kappa shape index (κ2) is 8.31. The Labute approximate surface area is 174 Å². The molecule has 1 saturated heterocycles.